The third kappa shape index (κ3) is 2.92. The maximum absolute atomic E-state index is 12.6. The Bertz CT molecular complexity index is 849. The van der Waals surface area contributed by atoms with Gasteiger partial charge in [0.2, 0.25) is 0 Å². The van der Waals surface area contributed by atoms with Crippen molar-refractivity contribution >= 4 is 34.2 Å². The van der Waals surface area contributed by atoms with Gasteiger partial charge in [0.15, 0.2) is 0 Å². The Kier molecular flexibility index (Phi) is 4.15. The molecule has 0 spiro atoms. The Morgan fingerprint density at radius 1 is 1.38 bits per heavy atom. The number of anilines is 1. The van der Waals surface area contributed by atoms with Crippen molar-refractivity contribution in [1.29, 1.82) is 5.26 Å². The summed E-state index contributed by atoms with van der Waals surface area (Å²) in [5, 5.41) is 11.2. The lowest BCUT2D eigenvalue weighted by Crippen LogP contribution is -2.36. The maximum atomic E-state index is 12.6. The number of rotatable bonds is 1. The molecule has 2 aromatic rings. The van der Waals surface area contributed by atoms with Crippen molar-refractivity contribution in [3.05, 3.63) is 41.5 Å². The van der Waals surface area contributed by atoms with Crippen molar-refractivity contribution in [3.8, 4) is 6.07 Å². The van der Waals surface area contributed by atoms with Gasteiger partial charge in [-0.3, -0.25) is 4.90 Å². The second-order valence-corrected chi connectivity index (χ2v) is 7.30. The highest BCUT2D eigenvalue weighted by Gasteiger charge is 2.35. The highest BCUT2D eigenvalue weighted by molar-refractivity contribution is 6.19. The molecule has 1 aliphatic heterocycles. The van der Waals surface area contributed by atoms with Gasteiger partial charge in [0.05, 0.1) is 17.3 Å². The van der Waals surface area contributed by atoms with Gasteiger partial charge in [-0.2, -0.15) is 5.26 Å². The predicted octanol–water partition coefficient (Wildman–Crippen LogP) is 4.79. The van der Waals surface area contributed by atoms with E-state index in [2.05, 4.69) is 6.07 Å². The van der Waals surface area contributed by atoms with Gasteiger partial charge in [-0.15, -0.1) is 11.6 Å². The number of hydrogen-bond donors (Lipinski definition) is 0. The van der Waals surface area contributed by atoms with Gasteiger partial charge in [0, 0.05) is 18.3 Å². The van der Waals surface area contributed by atoms with Crippen LogP contribution in [0.3, 0.4) is 0 Å². The molecule has 0 bridgehead atoms. The normalized spacial score (nSPS) is 16.8. The first kappa shape index (κ1) is 16.6. The molecule has 0 N–H and O–H groups in total. The fraction of sp³-hybridized carbons (Fsp3) is 0.368. The highest BCUT2D eigenvalue weighted by Crippen LogP contribution is 2.42. The van der Waals surface area contributed by atoms with Crippen molar-refractivity contribution in [2.45, 2.75) is 32.3 Å². The van der Waals surface area contributed by atoms with Gasteiger partial charge in [-0.25, -0.2) is 4.79 Å². The van der Waals surface area contributed by atoms with Crippen molar-refractivity contribution in [1.82, 2.24) is 0 Å². The number of nitrogens with zero attached hydrogens (tertiary/aromatic N) is 2. The zero-order valence-electron chi connectivity index (χ0n) is 14.0. The minimum atomic E-state index is -0.554. The van der Waals surface area contributed by atoms with E-state index in [0.29, 0.717) is 18.0 Å². The molecule has 124 valence electrons. The second-order valence-electron chi connectivity index (χ2n) is 6.99. The van der Waals surface area contributed by atoms with Gasteiger partial charge in [-0.05, 0) is 55.3 Å². The SMILES string of the molecule is CC(C)(C)OC(=O)N1CC(CCl)c2c1ccc1ccc(C#N)cc21. The number of fused-ring (bicyclic) bond motifs is 3. The van der Waals surface area contributed by atoms with E-state index < -0.39 is 5.60 Å². The summed E-state index contributed by atoms with van der Waals surface area (Å²) in [6, 6.07) is 11.7. The first-order valence-corrected chi connectivity index (χ1v) is 8.41. The molecule has 0 saturated carbocycles. The van der Waals surface area contributed by atoms with Crippen LogP contribution in [0.15, 0.2) is 30.3 Å². The van der Waals surface area contributed by atoms with E-state index in [1.165, 1.54) is 0 Å². The molecular formula is C19H19ClN2O2. The van der Waals surface area contributed by atoms with E-state index in [1.54, 1.807) is 11.0 Å². The summed E-state index contributed by atoms with van der Waals surface area (Å²) < 4.78 is 5.52. The van der Waals surface area contributed by atoms with Crippen LogP contribution in [0.1, 0.15) is 37.8 Å². The van der Waals surface area contributed by atoms with Gasteiger partial charge in [0.1, 0.15) is 5.60 Å². The number of amides is 1. The topological polar surface area (TPSA) is 53.3 Å². The van der Waals surface area contributed by atoms with Crippen LogP contribution in [-0.2, 0) is 4.74 Å². The fourth-order valence-corrected chi connectivity index (χ4v) is 3.34. The van der Waals surface area contributed by atoms with E-state index in [-0.39, 0.29) is 12.0 Å². The van der Waals surface area contributed by atoms with Gasteiger partial charge in [-0.1, -0.05) is 12.1 Å². The third-order valence-corrected chi connectivity index (χ3v) is 4.44. The lowest BCUT2D eigenvalue weighted by atomic mass is 9.95. The van der Waals surface area contributed by atoms with E-state index >= 15 is 0 Å². The molecule has 0 aliphatic carbocycles. The second kappa shape index (κ2) is 5.99. The monoisotopic (exact) mass is 342 g/mol. The predicted molar refractivity (Wildman–Crippen MR) is 95.7 cm³/mol. The lowest BCUT2D eigenvalue weighted by Gasteiger charge is -2.25. The van der Waals surface area contributed by atoms with Crippen LogP contribution in [0.2, 0.25) is 0 Å². The molecule has 1 atom stereocenters. The molecule has 4 nitrogen and oxygen atoms in total. The molecule has 0 saturated heterocycles. The average Bonchev–Trinajstić information content (AvgIpc) is 2.92. The van der Waals surface area contributed by atoms with E-state index in [4.69, 9.17) is 16.3 Å². The Balaban J connectivity index is 2.12. The summed E-state index contributed by atoms with van der Waals surface area (Å²) in [5.41, 5.74) is 1.88. The maximum Gasteiger partial charge on any atom is 0.414 e. The van der Waals surface area contributed by atoms with Gasteiger partial charge >= 0.3 is 6.09 Å². The quantitative estimate of drug-likeness (QED) is 0.700. The Morgan fingerprint density at radius 3 is 2.71 bits per heavy atom. The van der Waals surface area contributed by atoms with Crippen LogP contribution in [0.4, 0.5) is 10.5 Å². The number of ether oxygens (including phenoxy) is 1. The molecule has 5 heteroatoms. The van der Waals surface area contributed by atoms with E-state index in [9.17, 15) is 10.1 Å². The van der Waals surface area contributed by atoms with Crippen LogP contribution >= 0.6 is 11.6 Å². The number of hydrogen-bond acceptors (Lipinski definition) is 3. The summed E-state index contributed by atoms with van der Waals surface area (Å²) >= 11 is 6.17. The van der Waals surface area contributed by atoms with E-state index in [0.717, 1.165) is 22.0 Å². The zero-order chi connectivity index (χ0) is 17.5. The first-order valence-electron chi connectivity index (χ1n) is 7.87. The van der Waals surface area contributed by atoms with Crippen molar-refractivity contribution in [3.63, 3.8) is 0 Å². The summed E-state index contributed by atoms with van der Waals surface area (Å²) in [6.07, 6.45) is -0.368. The molecule has 1 amide bonds. The number of nitriles is 1. The molecule has 3 rings (SSSR count). The molecule has 0 aromatic heterocycles. The van der Waals surface area contributed by atoms with Crippen LogP contribution < -0.4 is 4.90 Å². The average molecular weight is 343 g/mol. The Morgan fingerprint density at radius 2 is 2.08 bits per heavy atom. The number of alkyl halides is 1. The summed E-state index contributed by atoms with van der Waals surface area (Å²) in [4.78, 5) is 14.2. The lowest BCUT2D eigenvalue weighted by molar-refractivity contribution is 0.0582. The molecule has 24 heavy (non-hydrogen) atoms. The van der Waals surface area contributed by atoms with Crippen LogP contribution in [0.5, 0.6) is 0 Å². The Hall–Kier alpha value is -2.25. The number of halogens is 1. The minimum Gasteiger partial charge on any atom is -0.443 e. The summed E-state index contributed by atoms with van der Waals surface area (Å²) in [5.74, 6) is 0.425. The number of carbonyl (C=O) groups excluding carboxylic acids is 1. The molecule has 0 radical (unpaired) electrons. The smallest absolute Gasteiger partial charge is 0.414 e. The fourth-order valence-electron chi connectivity index (χ4n) is 3.09. The minimum absolute atomic E-state index is 0.0202. The molecule has 2 aromatic carbocycles. The van der Waals surface area contributed by atoms with Crippen LogP contribution in [0.25, 0.3) is 10.8 Å². The summed E-state index contributed by atoms with van der Waals surface area (Å²) in [6.45, 7) is 6.03. The third-order valence-electron chi connectivity index (χ3n) is 4.07. The van der Waals surface area contributed by atoms with Crippen LogP contribution in [0, 0.1) is 11.3 Å². The standard InChI is InChI=1S/C19H19ClN2O2/c1-19(2,3)24-18(23)22-11-14(9-20)17-15-8-12(10-21)4-5-13(15)6-7-16(17)22/h4-8,14H,9,11H2,1-3H3. The zero-order valence-corrected chi connectivity index (χ0v) is 14.7. The number of carbonyl (C=O) groups is 1. The Labute approximate surface area is 146 Å². The largest absolute Gasteiger partial charge is 0.443 e. The van der Waals surface area contributed by atoms with E-state index in [1.807, 2.05) is 45.0 Å². The van der Waals surface area contributed by atoms with Crippen LogP contribution in [-0.4, -0.2) is 24.1 Å². The first-order chi connectivity index (χ1) is 11.3. The van der Waals surface area contributed by atoms with Crippen molar-refractivity contribution in [2.75, 3.05) is 17.3 Å². The highest BCUT2D eigenvalue weighted by atomic mass is 35.5. The molecule has 1 heterocycles. The van der Waals surface area contributed by atoms with Crippen molar-refractivity contribution in [2.24, 2.45) is 0 Å². The van der Waals surface area contributed by atoms with Crippen molar-refractivity contribution < 1.29 is 9.53 Å². The molecule has 0 fully saturated rings. The number of benzene rings is 2. The molecule has 1 aliphatic rings. The molecular weight excluding hydrogens is 324 g/mol. The molecule has 1 unspecified atom stereocenters. The van der Waals surface area contributed by atoms with Gasteiger partial charge < -0.3 is 4.74 Å². The summed E-state index contributed by atoms with van der Waals surface area (Å²) in [7, 11) is 0. The van der Waals surface area contributed by atoms with Gasteiger partial charge in [0.25, 0.3) is 0 Å².